The molecule has 0 heterocycles. The van der Waals surface area contributed by atoms with Gasteiger partial charge in [-0.1, -0.05) is 23.7 Å². The summed E-state index contributed by atoms with van der Waals surface area (Å²) in [5.74, 6) is -3.42. The lowest BCUT2D eigenvalue weighted by atomic mass is 9.95. The van der Waals surface area contributed by atoms with Gasteiger partial charge < -0.3 is 10.1 Å². The first-order valence-electron chi connectivity index (χ1n) is 7.52. The first kappa shape index (κ1) is 17.4. The van der Waals surface area contributed by atoms with Crippen LogP contribution in [0.2, 0.25) is 5.02 Å². The summed E-state index contributed by atoms with van der Waals surface area (Å²) in [4.78, 5) is 24.2. The summed E-state index contributed by atoms with van der Waals surface area (Å²) in [6, 6.07) is 8.37. The number of halogens is 3. The zero-order valence-electron chi connectivity index (χ0n) is 13.2. The van der Waals surface area contributed by atoms with Crippen molar-refractivity contribution in [3.05, 3.63) is 64.2 Å². The molecule has 2 aromatic rings. The molecular formula is C18H14ClF2NO3. The second-order valence-electron chi connectivity index (χ2n) is 5.85. The molecule has 1 aliphatic carbocycles. The smallest absolute Gasteiger partial charge is 0.340 e. The highest BCUT2D eigenvalue weighted by Gasteiger charge is 2.51. The third-order valence-corrected chi connectivity index (χ3v) is 4.51. The average molecular weight is 366 g/mol. The van der Waals surface area contributed by atoms with Crippen LogP contribution in [0.3, 0.4) is 0 Å². The van der Waals surface area contributed by atoms with Crippen molar-refractivity contribution >= 4 is 29.2 Å². The van der Waals surface area contributed by atoms with Gasteiger partial charge in [-0.25, -0.2) is 13.6 Å². The van der Waals surface area contributed by atoms with Gasteiger partial charge in [-0.3, -0.25) is 4.79 Å². The van der Waals surface area contributed by atoms with Gasteiger partial charge in [-0.15, -0.1) is 0 Å². The first-order valence-corrected chi connectivity index (χ1v) is 7.90. The summed E-state index contributed by atoms with van der Waals surface area (Å²) in [6.07, 6.45) is 1.18. The number of ether oxygens (including phenoxy) is 1. The van der Waals surface area contributed by atoms with Gasteiger partial charge in [0.2, 0.25) is 5.91 Å². The van der Waals surface area contributed by atoms with Gasteiger partial charge in [0.1, 0.15) is 11.6 Å². The van der Waals surface area contributed by atoms with E-state index in [4.69, 9.17) is 11.6 Å². The Morgan fingerprint density at radius 1 is 1.16 bits per heavy atom. The topological polar surface area (TPSA) is 55.4 Å². The van der Waals surface area contributed by atoms with Crippen molar-refractivity contribution in [2.45, 2.75) is 18.3 Å². The monoisotopic (exact) mass is 365 g/mol. The molecule has 25 heavy (non-hydrogen) atoms. The van der Waals surface area contributed by atoms with Crippen LogP contribution in [0.25, 0.3) is 0 Å². The zero-order chi connectivity index (χ0) is 18.2. The van der Waals surface area contributed by atoms with Crippen LogP contribution in [0, 0.1) is 11.6 Å². The lowest BCUT2D eigenvalue weighted by Crippen LogP contribution is -2.28. The Morgan fingerprint density at radius 3 is 2.48 bits per heavy atom. The molecule has 1 fully saturated rings. The molecule has 0 aromatic heterocycles. The van der Waals surface area contributed by atoms with Gasteiger partial charge in [-0.2, -0.15) is 0 Å². The fourth-order valence-corrected chi connectivity index (χ4v) is 2.90. The number of amides is 1. The number of esters is 1. The van der Waals surface area contributed by atoms with Crippen molar-refractivity contribution in [3.63, 3.8) is 0 Å². The summed E-state index contributed by atoms with van der Waals surface area (Å²) in [5.41, 5.74) is -0.794. The molecule has 0 radical (unpaired) electrons. The van der Waals surface area contributed by atoms with Crippen molar-refractivity contribution in [1.82, 2.24) is 0 Å². The van der Waals surface area contributed by atoms with E-state index in [1.165, 1.54) is 0 Å². The molecule has 130 valence electrons. The van der Waals surface area contributed by atoms with Gasteiger partial charge in [0, 0.05) is 11.1 Å². The summed E-state index contributed by atoms with van der Waals surface area (Å²) in [7, 11) is 1.09. The van der Waals surface area contributed by atoms with E-state index in [2.05, 4.69) is 10.1 Å². The van der Waals surface area contributed by atoms with Crippen molar-refractivity contribution in [3.8, 4) is 0 Å². The predicted octanol–water partition coefficient (Wildman–Crippen LogP) is 4.08. The highest BCUT2D eigenvalue weighted by Crippen LogP contribution is 2.49. The maximum Gasteiger partial charge on any atom is 0.340 e. The summed E-state index contributed by atoms with van der Waals surface area (Å²) in [5, 5.41) is 2.94. The molecule has 4 nitrogen and oxygen atoms in total. The Kier molecular flexibility index (Phi) is 4.47. The quantitative estimate of drug-likeness (QED) is 0.831. The number of carbonyl (C=O) groups is 2. The third-order valence-electron chi connectivity index (χ3n) is 4.27. The molecule has 0 bridgehead atoms. The van der Waals surface area contributed by atoms with E-state index in [1.54, 1.807) is 24.3 Å². The number of nitrogens with one attached hydrogen (secondary N) is 1. The van der Waals surface area contributed by atoms with E-state index in [-0.39, 0.29) is 5.69 Å². The summed E-state index contributed by atoms with van der Waals surface area (Å²) >= 11 is 5.97. The van der Waals surface area contributed by atoms with E-state index in [9.17, 15) is 18.4 Å². The Bertz CT molecular complexity index is 865. The lowest BCUT2D eigenvalue weighted by Gasteiger charge is -2.17. The number of methoxy groups -OCH3 is 1. The van der Waals surface area contributed by atoms with Crippen LogP contribution in [0.5, 0.6) is 0 Å². The molecule has 0 aliphatic heterocycles. The van der Waals surface area contributed by atoms with Gasteiger partial charge in [-0.05, 0) is 36.6 Å². The second-order valence-corrected chi connectivity index (χ2v) is 6.29. The van der Waals surface area contributed by atoms with E-state index >= 15 is 0 Å². The lowest BCUT2D eigenvalue weighted by molar-refractivity contribution is -0.118. The molecule has 1 amide bonds. The molecule has 0 spiro atoms. The molecule has 1 saturated carbocycles. The SMILES string of the molecule is COC(=O)c1cc(NC(=O)C2(c3cccc(Cl)c3)CC2)c(F)cc1F. The predicted molar refractivity (Wildman–Crippen MR) is 88.7 cm³/mol. The van der Waals surface area contributed by atoms with Crippen molar-refractivity contribution in [1.29, 1.82) is 0 Å². The van der Waals surface area contributed by atoms with Gasteiger partial charge >= 0.3 is 5.97 Å². The van der Waals surface area contributed by atoms with Crippen LogP contribution in [-0.4, -0.2) is 19.0 Å². The minimum atomic E-state index is -1.06. The van der Waals surface area contributed by atoms with E-state index in [0.717, 1.165) is 18.7 Å². The molecule has 0 saturated heterocycles. The Balaban J connectivity index is 1.90. The van der Waals surface area contributed by atoms with Gasteiger partial charge in [0.15, 0.2) is 0 Å². The number of rotatable bonds is 4. The normalized spacial score (nSPS) is 14.7. The number of benzene rings is 2. The minimum Gasteiger partial charge on any atom is -0.465 e. The summed E-state index contributed by atoms with van der Waals surface area (Å²) in [6.45, 7) is 0. The van der Waals surface area contributed by atoms with Gasteiger partial charge in [0.05, 0.1) is 23.8 Å². The molecule has 3 rings (SSSR count). The zero-order valence-corrected chi connectivity index (χ0v) is 14.0. The van der Waals surface area contributed by atoms with Crippen molar-refractivity contribution in [2.24, 2.45) is 0 Å². The molecule has 1 N–H and O–H groups in total. The van der Waals surface area contributed by atoms with Crippen LogP contribution < -0.4 is 5.32 Å². The van der Waals surface area contributed by atoms with Crippen molar-refractivity contribution in [2.75, 3.05) is 12.4 Å². The second kappa shape index (κ2) is 6.44. The van der Waals surface area contributed by atoms with Gasteiger partial charge in [0.25, 0.3) is 0 Å². The first-order chi connectivity index (χ1) is 11.9. The molecule has 7 heteroatoms. The van der Waals surface area contributed by atoms with E-state index < -0.39 is 34.5 Å². The van der Waals surface area contributed by atoms with Crippen LogP contribution in [0.4, 0.5) is 14.5 Å². The summed E-state index contributed by atoms with van der Waals surface area (Å²) < 4.78 is 32.1. The number of carbonyl (C=O) groups excluding carboxylic acids is 2. The fourth-order valence-electron chi connectivity index (χ4n) is 2.71. The Hall–Kier alpha value is -2.47. The Morgan fingerprint density at radius 2 is 1.88 bits per heavy atom. The van der Waals surface area contributed by atoms with Crippen LogP contribution in [0.15, 0.2) is 36.4 Å². The van der Waals surface area contributed by atoms with Crippen LogP contribution >= 0.6 is 11.6 Å². The van der Waals surface area contributed by atoms with E-state index in [1.807, 2.05) is 0 Å². The molecule has 1 aliphatic rings. The van der Waals surface area contributed by atoms with Crippen LogP contribution in [0.1, 0.15) is 28.8 Å². The molecule has 2 aromatic carbocycles. The van der Waals surface area contributed by atoms with Crippen molar-refractivity contribution < 1.29 is 23.1 Å². The maximum absolute atomic E-state index is 14.0. The highest BCUT2D eigenvalue weighted by molar-refractivity contribution is 6.30. The van der Waals surface area contributed by atoms with Crippen LogP contribution in [-0.2, 0) is 14.9 Å². The highest BCUT2D eigenvalue weighted by atomic mass is 35.5. The number of anilines is 1. The third kappa shape index (κ3) is 3.22. The molecule has 0 atom stereocenters. The largest absolute Gasteiger partial charge is 0.465 e. The maximum atomic E-state index is 14.0. The standard InChI is InChI=1S/C18H14ClF2NO3/c1-25-16(23)12-8-15(14(21)9-13(12)20)22-17(24)18(5-6-18)10-3-2-4-11(19)7-10/h2-4,7-9H,5-6H2,1H3,(H,22,24). The number of hydrogen-bond acceptors (Lipinski definition) is 3. The molecular weight excluding hydrogens is 352 g/mol. The number of hydrogen-bond donors (Lipinski definition) is 1. The Labute approximate surface area is 147 Å². The average Bonchev–Trinajstić information content (AvgIpc) is 3.38. The molecule has 0 unspecified atom stereocenters. The fraction of sp³-hybridized carbons (Fsp3) is 0.222. The van der Waals surface area contributed by atoms with E-state index in [0.29, 0.717) is 23.9 Å². The minimum absolute atomic E-state index is 0.278.